The van der Waals surface area contributed by atoms with Gasteiger partial charge < -0.3 is 0 Å². The molecule has 0 aliphatic carbocycles. The standard InChI is InChI=1S/C13H10N4O2S/c1-9-8-16-20(18,19)17(9)11-2-3-12-10(6-11)4-5-15-13(12)7-14/h2-6,8-9H,1H3/t9-/m1/s1. The van der Waals surface area contributed by atoms with Crippen LogP contribution in [-0.2, 0) is 10.2 Å². The minimum Gasteiger partial charge on any atom is -0.245 e. The molecule has 3 rings (SSSR count). The monoisotopic (exact) mass is 286 g/mol. The molecular weight excluding hydrogens is 276 g/mol. The third kappa shape index (κ3) is 1.82. The fourth-order valence-corrected chi connectivity index (χ4v) is 3.53. The van der Waals surface area contributed by atoms with Crippen molar-refractivity contribution < 1.29 is 8.42 Å². The van der Waals surface area contributed by atoms with Crippen LogP contribution in [0.1, 0.15) is 12.6 Å². The van der Waals surface area contributed by atoms with Crippen molar-refractivity contribution in [3.8, 4) is 6.07 Å². The predicted molar refractivity (Wildman–Crippen MR) is 75.8 cm³/mol. The summed E-state index contributed by atoms with van der Waals surface area (Å²) >= 11 is 0. The molecular formula is C13H10N4O2S. The summed E-state index contributed by atoms with van der Waals surface area (Å²) in [7, 11) is -3.65. The van der Waals surface area contributed by atoms with Crippen LogP contribution in [0.25, 0.3) is 10.8 Å². The van der Waals surface area contributed by atoms with Crippen LogP contribution < -0.4 is 4.31 Å². The summed E-state index contributed by atoms with van der Waals surface area (Å²) < 4.78 is 28.6. The summed E-state index contributed by atoms with van der Waals surface area (Å²) in [6.07, 6.45) is 2.93. The van der Waals surface area contributed by atoms with E-state index in [0.29, 0.717) is 16.8 Å². The van der Waals surface area contributed by atoms with Gasteiger partial charge in [0.15, 0.2) is 0 Å². The zero-order chi connectivity index (χ0) is 14.3. The third-order valence-electron chi connectivity index (χ3n) is 3.14. The molecule has 100 valence electrons. The van der Waals surface area contributed by atoms with Gasteiger partial charge in [0, 0.05) is 17.8 Å². The van der Waals surface area contributed by atoms with E-state index in [0.717, 1.165) is 5.39 Å². The molecule has 0 amide bonds. The van der Waals surface area contributed by atoms with Gasteiger partial charge in [-0.2, -0.15) is 18.1 Å². The number of benzene rings is 1. The number of fused-ring (bicyclic) bond motifs is 1. The number of hydrogen-bond donors (Lipinski definition) is 0. The molecule has 0 N–H and O–H groups in total. The SMILES string of the molecule is C[C@@H]1C=NS(=O)(=O)N1c1ccc2c(C#N)nccc2c1. The molecule has 0 fully saturated rings. The van der Waals surface area contributed by atoms with E-state index < -0.39 is 10.2 Å². The summed E-state index contributed by atoms with van der Waals surface area (Å²) in [6, 6.07) is 8.52. The van der Waals surface area contributed by atoms with Crippen LogP contribution >= 0.6 is 0 Å². The Morgan fingerprint density at radius 3 is 2.80 bits per heavy atom. The quantitative estimate of drug-likeness (QED) is 0.797. The van der Waals surface area contributed by atoms with Crippen molar-refractivity contribution in [3.05, 3.63) is 36.2 Å². The van der Waals surface area contributed by atoms with Crippen LogP contribution in [0.5, 0.6) is 0 Å². The lowest BCUT2D eigenvalue weighted by Gasteiger charge is -2.20. The minimum absolute atomic E-state index is 0.322. The lowest BCUT2D eigenvalue weighted by Crippen LogP contribution is -2.32. The Balaban J connectivity index is 2.18. The van der Waals surface area contributed by atoms with E-state index in [-0.39, 0.29) is 6.04 Å². The van der Waals surface area contributed by atoms with E-state index in [1.807, 2.05) is 6.07 Å². The largest absolute Gasteiger partial charge is 0.345 e. The van der Waals surface area contributed by atoms with Crippen molar-refractivity contribution in [1.82, 2.24) is 4.98 Å². The smallest absolute Gasteiger partial charge is 0.245 e. The van der Waals surface area contributed by atoms with E-state index in [4.69, 9.17) is 5.26 Å². The molecule has 0 saturated heterocycles. The van der Waals surface area contributed by atoms with E-state index in [2.05, 4.69) is 9.38 Å². The van der Waals surface area contributed by atoms with Crippen molar-refractivity contribution in [2.24, 2.45) is 4.40 Å². The van der Waals surface area contributed by atoms with Gasteiger partial charge in [-0.3, -0.25) is 0 Å². The molecule has 0 radical (unpaired) electrons. The summed E-state index contributed by atoms with van der Waals surface area (Å²) in [5.74, 6) is 0. The maximum atomic E-state index is 11.9. The van der Waals surface area contributed by atoms with Gasteiger partial charge in [-0.05, 0) is 36.6 Å². The molecule has 1 aromatic carbocycles. The molecule has 0 unspecified atom stereocenters. The highest BCUT2D eigenvalue weighted by atomic mass is 32.2. The summed E-state index contributed by atoms with van der Waals surface area (Å²) in [6.45, 7) is 1.76. The first kappa shape index (κ1) is 12.6. The maximum absolute atomic E-state index is 11.9. The van der Waals surface area contributed by atoms with Crippen LogP contribution in [0.4, 0.5) is 5.69 Å². The van der Waals surface area contributed by atoms with Crippen LogP contribution in [0.15, 0.2) is 34.9 Å². The average Bonchev–Trinajstić information content (AvgIpc) is 2.71. The van der Waals surface area contributed by atoms with Gasteiger partial charge in [0.1, 0.15) is 11.8 Å². The number of pyridine rings is 1. The van der Waals surface area contributed by atoms with E-state index in [1.54, 1.807) is 31.2 Å². The van der Waals surface area contributed by atoms with Crippen LogP contribution in [0, 0.1) is 11.3 Å². The summed E-state index contributed by atoms with van der Waals surface area (Å²) in [5.41, 5.74) is 0.847. The number of rotatable bonds is 1. The molecule has 6 nitrogen and oxygen atoms in total. The van der Waals surface area contributed by atoms with E-state index in [1.165, 1.54) is 16.7 Å². The Kier molecular flexibility index (Phi) is 2.69. The highest BCUT2D eigenvalue weighted by Gasteiger charge is 2.31. The van der Waals surface area contributed by atoms with Gasteiger partial charge in [0.2, 0.25) is 0 Å². The number of nitrogens with zero attached hydrogens (tertiary/aromatic N) is 4. The zero-order valence-electron chi connectivity index (χ0n) is 10.6. The molecule has 2 aromatic rings. The number of hydrogen-bond acceptors (Lipinski definition) is 4. The van der Waals surface area contributed by atoms with Gasteiger partial charge in [-0.15, -0.1) is 0 Å². The van der Waals surface area contributed by atoms with E-state index in [9.17, 15) is 8.42 Å². The fourth-order valence-electron chi connectivity index (χ4n) is 2.25. The first-order chi connectivity index (χ1) is 9.53. The van der Waals surface area contributed by atoms with E-state index >= 15 is 0 Å². The molecule has 0 saturated carbocycles. The number of anilines is 1. The molecule has 1 aromatic heterocycles. The molecule has 1 aliphatic heterocycles. The molecule has 1 aliphatic rings. The highest BCUT2D eigenvalue weighted by molar-refractivity contribution is 7.92. The van der Waals surface area contributed by atoms with Gasteiger partial charge in [-0.25, -0.2) is 9.29 Å². The molecule has 1 atom stereocenters. The molecule has 7 heteroatoms. The van der Waals surface area contributed by atoms with Gasteiger partial charge in [0.05, 0.1) is 11.7 Å². The minimum atomic E-state index is -3.65. The van der Waals surface area contributed by atoms with Crippen LogP contribution in [-0.4, -0.2) is 25.7 Å². The predicted octanol–water partition coefficient (Wildman–Crippen LogP) is 1.63. The fraction of sp³-hybridized carbons (Fsp3) is 0.154. The Bertz CT molecular complexity index is 868. The Hall–Kier alpha value is -2.46. The molecule has 0 spiro atoms. The summed E-state index contributed by atoms with van der Waals surface area (Å²) in [5, 5.41) is 10.5. The first-order valence-electron chi connectivity index (χ1n) is 5.91. The van der Waals surface area contributed by atoms with Crippen LogP contribution in [0.3, 0.4) is 0 Å². The topological polar surface area (TPSA) is 86.4 Å². The molecule has 20 heavy (non-hydrogen) atoms. The lowest BCUT2D eigenvalue weighted by molar-refractivity contribution is 0.595. The molecule has 0 bridgehead atoms. The second-order valence-electron chi connectivity index (χ2n) is 4.45. The van der Waals surface area contributed by atoms with Crippen molar-refractivity contribution in [3.63, 3.8) is 0 Å². The average molecular weight is 286 g/mol. The molecule has 2 heterocycles. The zero-order valence-corrected chi connectivity index (χ0v) is 11.4. The third-order valence-corrected chi connectivity index (χ3v) is 4.57. The Morgan fingerprint density at radius 2 is 2.15 bits per heavy atom. The second-order valence-corrected chi connectivity index (χ2v) is 5.95. The van der Waals surface area contributed by atoms with Gasteiger partial charge >= 0.3 is 10.2 Å². The normalized spacial score (nSPS) is 20.2. The van der Waals surface area contributed by atoms with Gasteiger partial charge in [0.25, 0.3) is 0 Å². The van der Waals surface area contributed by atoms with Crippen molar-refractivity contribution in [2.75, 3.05) is 4.31 Å². The number of nitriles is 1. The second kappa shape index (κ2) is 4.28. The lowest BCUT2D eigenvalue weighted by atomic mass is 10.1. The van der Waals surface area contributed by atoms with Crippen molar-refractivity contribution in [2.45, 2.75) is 13.0 Å². The Morgan fingerprint density at radius 1 is 1.35 bits per heavy atom. The van der Waals surface area contributed by atoms with Crippen molar-refractivity contribution in [1.29, 1.82) is 5.26 Å². The van der Waals surface area contributed by atoms with Gasteiger partial charge in [-0.1, -0.05) is 0 Å². The Labute approximate surface area is 116 Å². The maximum Gasteiger partial charge on any atom is 0.345 e. The summed E-state index contributed by atoms with van der Waals surface area (Å²) in [4.78, 5) is 3.98. The van der Waals surface area contributed by atoms with Crippen LogP contribution in [0.2, 0.25) is 0 Å². The number of aromatic nitrogens is 1. The van der Waals surface area contributed by atoms with Crippen molar-refractivity contribution >= 4 is 32.9 Å². The highest BCUT2D eigenvalue weighted by Crippen LogP contribution is 2.29. The first-order valence-corrected chi connectivity index (χ1v) is 7.31.